The molecule has 0 spiro atoms. The van der Waals surface area contributed by atoms with E-state index < -0.39 is 0 Å². The summed E-state index contributed by atoms with van der Waals surface area (Å²) in [6, 6.07) is 0. The van der Waals surface area contributed by atoms with Crippen LogP contribution in [0.2, 0.25) is 5.28 Å². The van der Waals surface area contributed by atoms with Crippen molar-refractivity contribution in [2.45, 2.75) is 25.5 Å². The van der Waals surface area contributed by atoms with Crippen LogP contribution in [-0.2, 0) is 11.3 Å². The van der Waals surface area contributed by atoms with E-state index in [1.54, 1.807) is 10.9 Å². The average molecular weight is 188 g/mol. The fraction of sp³-hybridized carbons (Fsp3) is 0.714. The first-order valence-electron chi connectivity index (χ1n) is 4.01. The molecule has 1 fully saturated rings. The van der Waals surface area contributed by atoms with E-state index in [0.717, 1.165) is 26.0 Å². The highest BCUT2D eigenvalue weighted by Gasteiger charge is 2.16. The van der Waals surface area contributed by atoms with Gasteiger partial charge in [-0.05, 0) is 24.4 Å². The molecule has 4 nitrogen and oxygen atoms in total. The maximum absolute atomic E-state index is 5.75. The monoisotopic (exact) mass is 187 g/mol. The molecule has 5 heteroatoms. The molecular weight excluding hydrogens is 178 g/mol. The summed E-state index contributed by atoms with van der Waals surface area (Å²) in [5.41, 5.74) is 0. The van der Waals surface area contributed by atoms with Crippen molar-refractivity contribution in [1.82, 2.24) is 14.8 Å². The lowest BCUT2D eigenvalue weighted by atomic mass is 10.2. The average Bonchev–Trinajstić information content (AvgIpc) is 2.65. The summed E-state index contributed by atoms with van der Waals surface area (Å²) in [7, 11) is 0. The predicted octanol–water partition coefficient (Wildman–Crippen LogP) is 1.11. The minimum absolute atomic E-state index is 0.290. The van der Waals surface area contributed by atoms with Gasteiger partial charge >= 0.3 is 0 Å². The highest BCUT2D eigenvalue weighted by molar-refractivity contribution is 6.28. The Balaban J connectivity index is 1.98. The Hall–Kier alpha value is -0.610. The van der Waals surface area contributed by atoms with E-state index in [-0.39, 0.29) is 0 Å². The third-order valence-corrected chi connectivity index (χ3v) is 2.29. The Labute approximate surface area is 75.5 Å². The molecule has 1 aromatic heterocycles. The first-order chi connectivity index (χ1) is 5.86. The van der Waals surface area contributed by atoms with Crippen molar-refractivity contribution < 1.29 is 4.74 Å². The third-order valence-electron chi connectivity index (χ3n) is 1.99. The zero-order valence-corrected chi connectivity index (χ0v) is 7.37. The summed E-state index contributed by atoms with van der Waals surface area (Å²) in [6.45, 7) is 1.64. The van der Waals surface area contributed by atoms with Gasteiger partial charge in [0.1, 0.15) is 6.33 Å². The molecule has 0 radical (unpaired) electrons. The van der Waals surface area contributed by atoms with Gasteiger partial charge in [0, 0.05) is 6.61 Å². The molecule has 0 amide bonds. The molecule has 0 saturated carbocycles. The minimum Gasteiger partial charge on any atom is -0.376 e. The van der Waals surface area contributed by atoms with Gasteiger partial charge in [-0.2, -0.15) is 0 Å². The van der Waals surface area contributed by atoms with Gasteiger partial charge in [0.15, 0.2) is 0 Å². The summed E-state index contributed by atoms with van der Waals surface area (Å²) in [6.07, 6.45) is 4.17. The fourth-order valence-electron chi connectivity index (χ4n) is 1.37. The zero-order valence-electron chi connectivity index (χ0n) is 6.61. The smallest absolute Gasteiger partial charge is 0.224 e. The molecule has 2 rings (SSSR count). The second kappa shape index (κ2) is 3.41. The van der Waals surface area contributed by atoms with Gasteiger partial charge in [0.2, 0.25) is 5.28 Å². The lowest BCUT2D eigenvalue weighted by Gasteiger charge is -2.09. The molecule has 0 aliphatic carbocycles. The SMILES string of the molecule is Clc1nncn1CC1CCCO1. The van der Waals surface area contributed by atoms with Crippen LogP contribution in [0.5, 0.6) is 0 Å². The van der Waals surface area contributed by atoms with Crippen LogP contribution >= 0.6 is 11.6 Å². The van der Waals surface area contributed by atoms with Gasteiger partial charge in [0.05, 0.1) is 12.6 Å². The van der Waals surface area contributed by atoms with Gasteiger partial charge < -0.3 is 9.30 Å². The molecule has 1 atom stereocenters. The van der Waals surface area contributed by atoms with Crippen LogP contribution in [0.3, 0.4) is 0 Å². The fourth-order valence-corrected chi connectivity index (χ4v) is 1.53. The summed E-state index contributed by atoms with van der Waals surface area (Å²) >= 11 is 5.75. The molecule has 0 bridgehead atoms. The number of hydrogen-bond acceptors (Lipinski definition) is 3. The molecule has 1 aliphatic rings. The summed E-state index contributed by atoms with van der Waals surface area (Å²) in [5, 5.41) is 7.81. The summed E-state index contributed by atoms with van der Waals surface area (Å²) in [4.78, 5) is 0. The lowest BCUT2D eigenvalue weighted by molar-refractivity contribution is 0.0970. The Bertz CT molecular complexity index is 257. The Kier molecular flexibility index (Phi) is 2.28. The van der Waals surface area contributed by atoms with E-state index in [2.05, 4.69) is 10.2 Å². The second-order valence-electron chi connectivity index (χ2n) is 2.89. The van der Waals surface area contributed by atoms with Crippen LogP contribution in [0.4, 0.5) is 0 Å². The van der Waals surface area contributed by atoms with Crippen molar-refractivity contribution >= 4 is 11.6 Å². The topological polar surface area (TPSA) is 39.9 Å². The van der Waals surface area contributed by atoms with Gasteiger partial charge in [0.25, 0.3) is 0 Å². The normalized spacial score (nSPS) is 23.2. The van der Waals surface area contributed by atoms with Crippen molar-refractivity contribution in [3.63, 3.8) is 0 Å². The highest BCUT2D eigenvalue weighted by Crippen LogP contribution is 2.15. The lowest BCUT2D eigenvalue weighted by Crippen LogP contribution is -2.14. The van der Waals surface area contributed by atoms with E-state index >= 15 is 0 Å². The molecule has 0 N–H and O–H groups in total. The largest absolute Gasteiger partial charge is 0.376 e. The Morgan fingerprint density at radius 3 is 3.25 bits per heavy atom. The highest BCUT2D eigenvalue weighted by atomic mass is 35.5. The van der Waals surface area contributed by atoms with E-state index in [1.165, 1.54) is 0 Å². The van der Waals surface area contributed by atoms with E-state index in [0.29, 0.717) is 11.4 Å². The van der Waals surface area contributed by atoms with Gasteiger partial charge in [-0.15, -0.1) is 10.2 Å². The van der Waals surface area contributed by atoms with Crippen LogP contribution in [0.1, 0.15) is 12.8 Å². The standard InChI is InChI=1S/C7H10ClN3O/c8-7-10-9-5-11(7)4-6-2-1-3-12-6/h5-6H,1-4H2. The van der Waals surface area contributed by atoms with Crippen LogP contribution in [0.15, 0.2) is 6.33 Å². The number of hydrogen-bond donors (Lipinski definition) is 0. The van der Waals surface area contributed by atoms with Crippen LogP contribution in [0.25, 0.3) is 0 Å². The molecule has 2 heterocycles. The van der Waals surface area contributed by atoms with Crippen LogP contribution in [-0.4, -0.2) is 27.5 Å². The third kappa shape index (κ3) is 1.59. The molecule has 1 unspecified atom stereocenters. The molecule has 12 heavy (non-hydrogen) atoms. The van der Waals surface area contributed by atoms with Crippen LogP contribution in [0, 0.1) is 0 Å². The molecular formula is C7H10ClN3O. The second-order valence-corrected chi connectivity index (χ2v) is 3.23. The van der Waals surface area contributed by atoms with E-state index in [9.17, 15) is 0 Å². The summed E-state index contributed by atoms with van der Waals surface area (Å²) in [5.74, 6) is 0. The van der Waals surface area contributed by atoms with Crippen LogP contribution < -0.4 is 0 Å². The minimum atomic E-state index is 0.290. The molecule has 0 aromatic carbocycles. The van der Waals surface area contributed by atoms with Crippen molar-refractivity contribution in [3.05, 3.63) is 11.6 Å². The zero-order chi connectivity index (χ0) is 8.39. The Morgan fingerprint density at radius 2 is 2.67 bits per heavy atom. The first-order valence-corrected chi connectivity index (χ1v) is 4.39. The first kappa shape index (κ1) is 8.01. The van der Waals surface area contributed by atoms with E-state index in [4.69, 9.17) is 16.3 Å². The molecule has 1 saturated heterocycles. The Morgan fingerprint density at radius 1 is 1.75 bits per heavy atom. The molecule has 1 aliphatic heterocycles. The number of ether oxygens (including phenoxy) is 1. The van der Waals surface area contributed by atoms with Crippen molar-refractivity contribution in [1.29, 1.82) is 0 Å². The predicted molar refractivity (Wildman–Crippen MR) is 44.0 cm³/mol. The van der Waals surface area contributed by atoms with Gasteiger partial charge in [-0.3, -0.25) is 0 Å². The van der Waals surface area contributed by atoms with Gasteiger partial charge in [-0.1, -0.05) is 0 Å². The molecule has 66 valence electrons. The molecule has 1 aromatic rings. The quantitative estimate of drug-likeness (QED) is 0.697. The number of aromatic nitrogens is 3. The van der Waals surface area contributed by atoms with Crippen molar-refractivity contribution in [2.75, 3.05) is 6.61 Å². The number of rotatable bonds is 2. The number of nitrogens with zero attached hydrogens (tertiary/aromatic N) is 3. The van der Waals surface area contributed by atoms with E-state index in [1.807, 2.05) is 0 Å². The van der Waals surface area contributed by atoms with Crippen molar-refractivity contribution in [2.24, 2.45) is 0 Å². The number of halogens is 1. The summed E-state index contributed by atoms with van der Waals surface area (Å²) < 4.78 is 7.25. The maximum atomic E-state index is 5.75. The van der Waals surface area contributed by atoms with Gasteiger partial charge in [-0.25, -0.2) is 0 Å². The van der Waals surface area contributed by atoms with Crippen molar-refractivity contribution in [3.8, 4) is 0 Å². The maximum Gasteiger partial charge on any atom is 0.224 e.